The second-order valence-electron chi connectivity index (χ2n) is 13.0. The standard InChI is InChI=1S/C37H59N9O5/c1-6-42-23-32(34(48)43-22-28(40-4)12-8-16-38-2)46-37(51)31-19-24-10-7-11-25(18-24)26-14-15-33(47)27(20-26)21-30(41-5)36(50)44-29(35(49)45-31)13-9-17-39-3/h7,10-11,14-15,18,20,28-32,38-42,47H,6,8-9,12-13,16-17,19,21-23H2,1-5H3,(H,43,48)(H,44,50)(H,45,49)(H,46,51)/t28-,29-,30-,31-,32-/m0/s1. The maximum atomic E-state index is 14.1. The molecule has 10 N–H and O–H groups in total. The number of phenolic OH excluding ortho intramolecular Hbond substituents is 1. The van der Waals surface area contributed by atoms with Crippen molar-refractivity contribution in [2.75, 3.05) is 60.9 Å². The number of amides is 4. The molecule has 0 spiro atoms. The van der Waals surface area contributed by atoms with E-state index in [9.17, 15) is 24.3 Å². The second kappa shape index (κ2) is 22.0. The predicted octanol–water partition coefficient (Wildman–Crippen LogP) is -0.487. The smallest absolute Gasteiger partial charge is 0.243 e. The van der Waals surface area contributed by atoms with Crippen molar-refractivity contribution in [2.24, 2.45) is 0 Å². The molecule has 4 amide bonds. The number of carbonyl (C=O) groups excluding carboxylic acids is 4. The highest BCUT2D eigenvalue weighted by Gasteiger charge is 2.31. The van der Waals surface area contributed by atoms with Crippen LogP contribution >= 0.6 is 0 Å². The van der Waals surface area contributed by atoms with Crippen LogP contribution in [0.1, 0.15) is 43.7 Å². The third kappa shape index (κ3) is 13.2. The summed E-state index contributed by atoms with van der Waals surface area (Å²) in [6.07, 6.45) is 3.05. The van der Waals surface area contributed by atoms with Crippen LogP contribution in [0, 0.1) is 0 Å². The molecule has 3 rings (SSSR count). The van der Waals surface area contributed by atoms with Gasteiger partial charge in [0.25, 0.3) is 0 Å². The topological polar surface area (TPSA) is 197 Å². The Kier molecular flexibility index (Phi) is 17.8. The van der Waals surface area contributed by atoms with E-state index in [0.717, 1.165) is 36.1 Å². The van der Waals surface area contributed by atoms with Crippen LogP contribution in [0.5, 0.6) is 5.75 Å². The van der Waals surface area contributed by atoms with Crippen LogP contribution in [0.4, 0.5) is 0 Å². The summed E-state index contributed by atoms with van der Waals surface area (Å²) in [4.78, 5) is 55.1. The Hall–Kier alpha value is -4.08. The maximum Gasteiger partial charge on any atom is 0.243 e. The first-order valence-electron chi connectivity index (χ1n) is 18.1. The minimum absolute atomic E-state index is 0.0651. The van der Waals surface area contributed by atoms with Gasteiger partial charge in [-0.15, -0.1) is 0 Å². The first kappa shape index (κ1) is 41.3. The number of hydrogen-bond donors (Lipinski definition) is 10. The van der Waals surface area contributed by atoms with Crippen LogP contribution < -0.4 is 47.9 Å². The summed E-state index contributed by atoms with van der Waals surface area (Å²) in [6.45, 7) is 4.60. The molecule has 1 heterocycles. The van der Waals surface area contributed by atoms with Crippen molar-refractivity contribution >= 4 is 23.6 Å². The van der Waals surface area contributed by atoms with Crippen molar-refractivity contribution in [2.45, 2.75) is 75.7 Å². The van der Waals surface area contributed by atoms with Crippen molar-refractivity contribution in [3.05, 3.63) is 53.6 Å². The van der Waals surface area contributed by atoms with Crippen LogP contribution in [-0.2, 0) is 32.0 Å². The number of carbonyl (C=O) groups is 4. The Labute approximate surface area is 302 Å². The average molecular weight is 710 g/mol. The number of hydrogen-bond acceptors (Lipinski definition) is 10. The fourth-order valence-corrected chi connectivity index (χ4v) is 6.08. The van der Waals surface area contributed by atoms with E-state index < -0.39 is 41.9 Å². The van der Waals surface area contributed by atoms with Gasteiger partial charge in [-0.05, 0) is 108 Å². The summed E-state index contributed by atoms with van der Waals surface area (Å²) in [5.74, 6) is -1.69. The van der Waals surface area contributed by atoms with Crippen LogP contribution in [-0.4, -0.2) is 120 Å². The molecule has 51 heavy (non-hydrogen) atoms. The molecular weight excluding hydrogens is 650 g/mol. The third-order valence-corrected chi connectivity index (χ3v) is 9.20. The van der Waals surface area contributed by atoms with Gasteiger partial charge < -0.3 is 53.0 Å². The molecule has 0 fully saturated rings. The highest BCUT2D eigenvalue weighted by atomic mass is 16.3. The molecular formula is C37H59N9O5. The van der Waals surface area contributed by atoms with E-state index in [1.165, 1.54) is 0 Å². The molecule has 1 aliphatic heterocycles. The fourth-order valence-electron chi connectivity index (χ4n) is 6.08. The zero-order valence-corrected chi connectivity index (χ0v) is 30.8. The zero-order chi connectivity index (χ0) is 37.2. The Balaban J connectivity index is 1.96. The maximum absolute atomic E-state index is 14.1. The fraction of sp³-hybridized carbons (Fsp3) is 0.568. The van der Waals surface area contributed by atoms with E-state index >= 15 is 0 Å². The van der Waals surface area contributed by atoms with Gasteiger partial charge in [-0.2, -0.15) is 0 Å². The molecule has 2 aromatic carbocycles. The van der Waals surface area contributed by atoms with Crippen molar-refractivity contribution in [1.29, 1.82) is 0 Å². The summed E-state index contributed by atoms with van der Waals surface area (Å²) in [5, 5.41) is 38.0. The van der Waals surface area contributed by atoms with Crippen molar-refractivity contribution in [1.82, 2.24) is 47.9 Å². The Morgan fingerprint density at radius 3 is 2.35 bits per heavy atom. The number of aromatic hydroxyl groups is 1. The monoisotopic (exact) mass is 709 g/mol. The highest BCUT2D eigenvalue weighted by Crippen LogP contribution is 2.28. The summed E-state index contributed by atoms with van der Waals surface area (Å²) in [7, 11) is 7.22. The van der Waals surface area contributed by atoms with Crippen LogP contribution in [0.2, 0.25) is 0 Å². The first-order chi connectivity index (χ1) is 24.6. The molecule has 14 nitrogen and oxygen atoms in total. The van der Waals surface area contributed by atoms with Crippen molar-refractivity contribution < 1.29 is 24.3 Å². The normalized spacial score (nSPS) is 19.1. The molecule has 0 unspecified atom stereocenters. The van der Waals surface area contributed by atoms with Crippen molar-refractivity contribution in [3.8, 4) is 16.9 Å². The lowest BCUT2D eigenvalue weighted by molar-refractivity contribution is -0.134. The number of nitrogens with one attached hydrogen (secondary N) is 9. The Bertz CT molecular complexity index is 1420. The first-order valence-corrected chi connectivity index (χ1v) is 18.1. The number of rotatable bonds is 18. The summed E-state index contributed by atoms with van der Waals surface area (Å²) in [6, 6.07) is 9.34. The largest absolute Gasteiger partial charge is 0.508 e. The number of likely N-dealkylation sites (N-methyl/N-ethyl adjacent to an activating group) is 3. The molecule has 4 bridgehead atoms. The predicted molar refractivity (Wildman–Crippen MR) is 200 cm³/mol. The quantitative estimate of drug-likeness (QED) is 0.0903. The minimum atomic E-state index is -1.06. The number of benzene rings is 2. The molecule has 0 saturated carbocycles. The number of phenols is 1. The van der Waals surface area contributed by atoms with Crippen LogP contribution in [0.3, 0.4) is 0 Å². The molecule has 2 aromatic rings. The Morgan fingerprint density at radius 2 is 1.65 bits per heavy atom. The van der Waals surface area contributed by atoms with E-state index in [0.29, 0.717) is 38.0 Å². The van der Waals surface area contributed by atoms with Crippen LogP contribution in [0.25, 0.3) is 11.1 Å². The van der Waals surface area contributed by atoms with Gasteiger partial charge in [-0.25, -0.2) is 0 Å². The molecule has 0 aliphatic carbocycles. The lowest BCUT2D eigenvalue weighted by atomic mass is 9.96. The van der Waals surface area contributed by atoms with Gasteiger partial charge in [-0.3, -0.25) is 19.2 Å². The molecule has 0 saturated heterocycles. The zero-order valence-electron chi connectivity index (χ0n) is 30.8. The molecule has 282 valence electrons. The Morgan fingerprint density at radius 1 is 0.902 bits per heavy atom. The van der Waals surface area contributed by atoms with E-state index in [4.69, 9.17) is 0 Å². The summed E-state index contributed by atoms with van der Waals surface area (Å²) < 4.78 is 0. The molecule has 5 atom stereocenters. The molecule has 1 aliphatic rings. The van der Waals surface area contributed by atoms with Gasteiger partial charge in [0.1, 0.15) is 23.9 Å². The van der Waals surface area contributed by atoms with Crippen molar-refractivity contribution in [3.63, 3.8) is 0 Å². The molecule has 14 heteroatoms. The molecule has 0 aromatic heterocycles. The van der Waals surface area contributed by atoms with Gasteiger partial charge in [0.05, 0.1) is 6.04 Å². The second-order valence-corrected chi connectivity index (χ2v) is 13.0. The van der Waals surface area contributed by atoms with Gasteiger partial charge >= 0.3 is 0 Å². The third-order valence-electron chi connectivity index (χ3n) is 9.20. The van der Waals surface area contributed by atoms with Crippen LogP contribution in [0.15, 0.2) is 42.5 Å². The van der Waals surface area contributed by atoms with E-state index in [1.807, 2.05) is 58.4 Å². The summed E-state index contributed by atoms with van der Waals surface area (Å²) >= 11 is 0. The lowest BCUT2D eigenvalue weighted by Gasteiger charge is -2.27. The number of fused-ring (bicyclic) bond motifs is 5. The lowest BCUT2D eigenvalue weighted by Crippen LogP contribution is -2.60. The van der Waals surface area contributed by atoms with Gasteiger partial charge in [0.2, 0.25) is 23.6 Å². The van der Waals surface area contributed by atoms with Gasteiger partial charge in [0, 0.05) is 32.0 Å². The SMILES string of the molecule is CCNC[C@H](NC(=O)[C@@H]1Cc2cccc(c2)-c2ccc(O)c(c2)C[C@H](NC)C(=O)N[C@@H](CCCNC)C(=O)N1)C(=O)NC[C@H](CCCNC)NC. The van der Waals surface area contributed by atoms with Gasteiger partial charge in [-0.1, -0.05) is 37.3 Å². The molecule has 0 radical (unpaired) electrons. The minimum Gasteiger partial charge on any atom is -0.508 e. The average Bonchev–Trinajstić information content (AvgIpc) is 3.13. The van der Waals surface area contributed by atoms with E-state index in [1.54, 1.807) is 19.2 Å². The van der Waals surface area contributed by atoms with Gasteiger partial charge in [0.15, 0.2) is 0 Å². The highest BCUT2D eigenvalue weighted by molar-refractivity contribution is 5.95. The van der Waals surface area contributed by atoms with E-state index in [2.05, 4.69) is 47.9 Å². The van der Waals surface area contributed by atoms with E-state index in [-0.39, 0.29) is 37.1 Å². The summed E-state index contributed by atoms with van der Waals surface area (Å²) in [5.41, 5.74) is 3.05.